The number of halogens is 1. The number of amides is 3. The van der Waals surface area contributed by atoms with E-state index in [1.165, 1.54) is 4.90 Å². The van der Waals surface area contributed by atoms with Crippen molar-refractivity contribution in [2.45, 2.75) is 12.5 Å². The lowest BCUT2D eigenvalue weighted by Crippen LogP contribution is -2.52. The van der Waals surface area contributed by atoms with E-state index in [0.717, 1.165) is 0 Å². The van der Waals surface area contributed by atoms with Gasteiger partial charge in [-0.3, -0.25) is 19.3 Å². The highest BCUT2D eigenvalue weighted by molar-refractivity contribution is 6.30. The highest BCUT2D eigenvalue weighted by Crippen LogP contribution is 2.34. The number of benzene rings is 3. The van der Waals surface area contributed by atoms with Gasteiger partial charge in [0.15, 0.2) is 0 Å². The first-order valence-electron chi connectivity index (χ1n) is 9.89. The van der Waals surface area contributed by atoms with Crippen LogP contribution in [0.4, 0.5) is 17.1 Å². The average Bonchev–Trinajstić information content (AvgIpc) is 2.80. The zero-order valence-electron chi connectivity index (χ0n) is 17.2. The highest BCUT2D eigenvalue weighted by atomic mass is 35.5. The first kappa shape index (κ1) is 21.4. The number of carbonyl (C=O) groups excluding carboxylic acids is 3. The number of anilines is 3. The van der Waals surface area contributed by atoms with Crippen LogP contribution in [0.1, 0.15) is 16.8 Å². The molecule has 4 rings (SSSR count). The maximum Gasteiger partial charge on any atom is 0.259 e. The topological polar surface area (TPSA) is 87.7 Å². The van der Waals surface area contributed by atoms with E-state index in [1.54, 1.807) is 79.9 Å². The van der Waals surface area contributed by atoms with Gasteiger partial charge >= 0.3 is 0 Å². The molecule has 3 aromatic rings. The third-order valence-corrected chi connectivity index (χ3v) is 5.35. The molecule has 1 aliphatic rings. The molecule has 0 radical (unpaired) electrons. The number of carbonyl (C=O) groups is 3. The number of nitrogens with zero attached hydrogens (tertiary/aromatic N) is 1. The summed E-state index contributed by atoms with van der Waals surface area (Å²) in [7, 11) is 1.55. The predicted molar refractivity (Wildman–Crippen MR) is 123 cm³/mol. The standard InChI is InChI=1S/C24H20ClN3O4/c1-32-18-12-10-17(11-13-18)26-22(29)14-21-23(30)27-19-4-2-3-5-20(19)28(21)24(31)15-6-8-16(25)9-7-15/h2-13,21H,14H2,1H3,(H,26,29)(H,27,30)/t21-/m0/s1. The molecular weight excluding hydrogens is 430 g/mol. The summed E-state index contributed by atoms with van der Waals surface area (Å²) in [6.45, 7) is 0. The normalized spacial score (nSPS) is 14.9. The second-order valence-electron chi connectivity index (χ2n) is 7.19. The predicted octanol–water partition coefficient (Wildman–Crippen LogP) is 4.34. The summed E-state index contributed by atoms with van der Waals surface area (Å²) >= 11 is 5.95. The average molecular weight is 450 g/mol. The van der Waals surface area contributed by atoms with Gasteiger partial charge in [-0.05, 0) is 60.7 Å². The van der Waals surface area contributed by atoms with E-state index in [9.17, 15) is 14.4 Å². The molecule has 2 N–H and O–H groups in total. The summed E-state index contributed by atoms with van der Waals surface area (Å²) in [4.78, 5) is 40.4. The number of fused-ring (bicyclic) bond motifs is 1. The highest BCUT2D eigenvalue weighted by Gasteiger charge is 2.38. The van der Waals surface area contributed by atoms with Crippen LogP contribution < -0.4 is 20.3 Å². The van der Waals surface area contributed by atoms with E-state index in [4.69, 9.17) is 16.3 Å². The van der Waals surface area contributed by atoms with Crippen LogP contribution in [0.3, 0.4) is 0 Å². The molecule has 0 aromatic heterocycles. The third-order valence-electron chi connectivity index (χ3n) is 5.10. The molecule has 0 saturated carbocycles. The van der Waals surface area contributed by atoms with Crippen molar-refractivity contribution >= 4 is 46.4 Å². The second-order valence-corrected chi connectivity index (χ2v) is 7.62. The molecule has 3 aromatic carbocycles. The Balaban J connectivity index is 1.62. The van der Waals surface area contributed by atoms with Crippen molar-refractivity contribution in [2.24, 2.45) is 0 Å². The number of hydrogen-bond donors (Lipinski definition) is 2. The maximum atomic E-state index is 13.4. The Morgan fingerprint density at radius 2 is 1.72 bits per heavy atom. The van der Waals surface area contributed by atoms with E-state index in [2.05, 4.69) is 10.6 Å². The lowest BCUT2D eigenvalue weighted by molar-refractivity contribution is -0.122. The van der Waals surface area contributed by atoms with Crippen LogP contribution in [0.5, 0.6) is 5.75 Å². The van der Waals surface area contributed by atoms with Gasteiger partial charge in [0, 0.05) is 16.3 Å². The molecule has 1 aliphatic heterocycles. The van der Waals surface area contributed by atoms with E-state index in [-0.39, 0.29) is 6.42 Å². The van der Waals surface area contributed by atoms with Gasteiger partial charge < -0.3 is 15.4 Å². The summed E-state index contributed by atoms with van der Waals surface area (Å²) in [6, 6.07) is 19.2. The number of para-hydroxylation sites is 2. The molecule has 162 valence electrons. The van der Waals surface area contributed by atoms with Crippen LogP contribution in [0.25, 0.3) is 0 Å². The fraction of sp³-hybridized carbons (Fsp3) is 0.125. The summed E-state index contributed by atoms with van der Waals surface area (Å²) in [6.07, 6.45) is -0.217. The van der Waals surface area contributed by atoms with E-state index >= 15 is 0 Å². The molecule has 0 fully saturated rings. The summed E-state index contributed by atoms with van der Waals surface area (Å²) in [5.41, 5.74) is 1.95. The minimum atomic E-state index is -1.02. The van der Waals surface area contributed by atoms with Crippen molar-refractivity contribution in [3.63, 3.8) is 0 Å². The van der Waals surface area contributed by atoms with Gasteiger partial charge in [-0.25, -0.2) is 0 Å². The SMILES string of the molecule is COc1ccc(NC(=O)C[C@H]2C(=O)Nc3ccccc3N2C(=O)c2ccc(Cl)cc2)cc1. The number of rotatable bonds is 5. The zero-order chi connectivity index (χ0) is 22.7. The minimum Gasteiger partial charge on any atom is -0.497 e. The van der Waals surface area contributed by atoms with Crippen LogP contribution in [-0.4, -0.2) is 30.9 Å². The molecule has 8 heteroatoms. The first-order chi connectivity index (χ1) is 15.5. The van der Waals surface area contributed by atoms with Crippen LogP contribution in [0, 0.1) is 0 Å². The van der Waals surface area contributed by atoms with Crippen molar-refractivity contribution in [2.75, 3.05) is 22.6 Å². The van der Waals surface area contributed by atoms with Gasteiger partial charge in [0.25, 0.3) is 5.91 Å². The first-order valence-corrected chi connectivity index (χ1v) is 10.3. The van der Waals surface area contributed by atoms with Crippen molar-refractivity contribution < 1.29 is 19.1 Å². The van der Waals surface area contributed by atoms with Gasteiger partial charge in [0.05, 0.1) is 24.9 Å². The third kappa shape index (κ3) is 4.43. The maximum absolute atomic E-state index is 13.4. The molecule has 0 saturated heterocycles. The molecule has 0 spiro atoms. The Morgan fingerprint density at radius 3 is 2.41 bits per heavy atom. The Kier molecular flexibility index (Phi) is 6.09. The van der Waals surface area contributed by atoms with Gasteiger partial charge in [-0.2, -0.15) is 0 Å². The van der Waals surface area contributed by atoms with Gasteiger partial charge in [-0.1, -0.05) is 23.7 Å². The zero-order valence-corrected chi connectivity index (χ0v) is 17.9. The summed E-state index contributed by atoms with van der Waals surface area (Å²) in [5, 5.41) is 6.05. The smallest absolute Gasteiger partial charge is 0.259 e. The molecule has 0 bridgehead atoms. The molecule has 7 nitrogen and oxygen atoms in total. The monoisotopic (exact) mass is 449 g/mol. The fourth-order valence-electron chi connectivity index (χ4n) is 3.52. The van der Waals surface area contributed by atoms with Gasteiger partial charge in [0.1, 0.15) is 11.8 Å². The number of hydrogen-bond acceptors (Lipinski definition) is 4. The summed E-state index contributed by atoms with van der Waals surface area (Å²) < 4.78 is 5.11. The fourth-order valence-corrected chi connectivity index (χ4v) is 3.65. The van der Waals surface area contributed by atoms with Crippen LogP contribution in [0.2, 0.25) is 5.02 Å². The molecule has 1 atom stereocenters. The minimum absolute atomic E-state index is 0.217. The number of nitrogens with one attached hydrogen (secondary N) is 2. The molecule has 1 heterocycles. The lowest BCUT2D eigenvalue weighted by Gasteiger charge is -2.36. The Bertz CT molecular complexity index is 1160. The quantitative estimate of drug-likeness (QED) is 0.606. The molecule has 0 unspecified atom stereocenters. The van der Waals surface area contributed by atoms with Crippen LogP contribution in [0.15, 0.2) is 72.8 Å². The number of methoxy groups -OCH3 is 1. The van der Waals surface area contributed by atoms with Crippen molar-refractivity contribution in [3.05, 3.63) is 83.4 Å². The van der Waals surface area contributed by atoms with Gasteiger partial charge in [-0.15, -0.1) is 0 Å². The summed E-state index contributed by atoms with van der Waals surface area (Å²) in [5.74, 6) is -0.572. The second kappa shape index (κ2) is 9.11. The van der Waals surface area contributed by atoms with Crippen LogP contribution in [-0.2, 0) is 9.59 Å². The van der Waals surface area contributed by atoms with E-state index in [1.807, 2.05) is 0 Å². The lowest BCUT2D eigenvalue weighted by atomic mass is 10.0. The van der Waals surface area contributed by atoms with Gasteiger partial charge in [0.2, 0.25) is 11.8 Å². The Morgan fingerprint density at radius 1 is 1.03 bits per heavy atom. The molecule has 0 aliphatic carbocycles. The number of ether oxygens (including phenoxy) is 1. The van der Waals surface area contributed by atoms with Crippen molar-refractivity contribution in [3.8, 4) is 5.75 Å². The van der Waals surface area contributed by atoms with E-state index < -0.39 is 23.8 Å². The molecular formula is C24H20ClN3O4. The Labute approximate surface area is 189 Å². The van der Waals surface area contributed by atoms with Crippen molar-refractivity contribution in [1.82, 2.24) is 0 Å². The Hall–Kier alpha value is -3.84. The largest absolute Gasteiger partial charge is 0.497 e. The molecule has 32 heavy (non-hydrogen) atoms. The van der Waals surface area contributed by atoms with Crippen LogP contribution >= 0.6 is 11.6 Å². The van der Waals surface area contributed by atoms with Crippen molar-refractivity contribution in [1.29, 1.82) is 0 Å². The molecule has 3 amide bonds. The van der Waals surface area contributed by atoms with E-state index in [0.29, 0.717) is 33.4 Å².